The van der Waals surface area contributed by atoms with Gasteiger partial charge < -0.3 is 4.74 Å². The van der Waals surface area contributed by atoms with Gasteiger partial charge in [0.25, 0.3) is 0 Å². The molecule has 0 bridgehead atoms. The van der Waals surface area contributed by atoms with Crippen molar-refractivity contribution in [2.75, 3.05) is 6.61 Å². The minimum absolute atomic E-state index is 0.0851. The average Bonchev–Trinajstić information content (AvgIpc) is 2.43. The summed E-state index contributed by atoms with van der Waals surface area (Å²) in [7, 11) is 0. The number of benzene rings is 1. The Kier molecular flexibility index (Phi) is 3.82. The van der Waals surface area contributed by atoms with Gasteiger partial charge in [0.15, 0.2) is 0 Å². The van der Waals surface area contributed by atoms with Crippen molar-refractivity contribution in [3.63, 3.8) is 0 Å². The number of para-hydroxylation sites is 1. The van der Waals surface area contributed by atoms with Crippen LogP contribution in [0.5, 0.6) is 5.75 Å². The van der Waals surface area contributed by atoms with E-state index in [-0.39, 0.29) is 5.92 Å². The van der Waals surface area contributed by atoms with E-state index in [9.17, 15) is 0 Å². The fourth-order valence-corrected chi connectivity index (χ4v) is 2.73. The van der Waals surface area contributed by atoms with Crippen molar-refractivity contribution in [1.82, 2.24) is 9.97 Å². The summed E-state index contributed by atoms with van der Waals surface area (Å²) < 4.78 is 6.41. The molecule has 1 unspecified atom stereocenters. The quantitative estimate of drug-likeness (QED) is 0.528. The molecule has 2 heterocycles. The Hall–Kier alpha value is -0.590. The Balaban J connectivity index is 1.93. The Bertz CT molecular complexity index is 613. The maximum atomic E-state index is 6.05. The van der Waals surface area contributed by atoms with Gasteiger partial charge in [0.2, 0.25) is 0 Å². The molecule has 98 valence electrons. The maximum absolute atomic E-state index is 6.05. The number of nitrogens with zero attached hydrogens (tertiary/aromatic N) is 2. The summed E-state index contributed by atoms with van der Waals surface area (Å²) in [6.45, 7) is 0.546. The lowest BCUT2D eigenvalue weighted by molar-refractivity contribution is 0.257. The molecule has 0 amide bonds. The van der Waals surface area contributed by atoms with E-state index in [2.05, 4.69) is 16.0 Å². The third-order valence-corrected chi connectivity index (χ3v) is 5.24. The third-order valence-electron chi connectivity index (χ3n) is 3.03. The lowest BCUT2D eigenvalue weighted by atomic mass is 9.96. The van der Waals surface area contributed by atoms with Crippen molar-refractivity contribution < 1.29 is 4.74 Å². The van der Waals surface area contributed by atoms with Crippen LogP contribution in [0.2, 0.25) is 10.3 Å². The Morgan fingerprint density at radius 3 is 2.58 bits per heavy atom. The molecule has 0 N–H and O–H groups in total. The normalized spacial score (nSPS) is 17.7. The van der Waals surface area contributed by atoms with Crippen LogP contribution in [0.4, 0.5) is 0 Å². The van der Waals surface area contributed by atoms with Gasteiger partial charge in [0.05, 0.1) is 16.1 Å². The van der Waals surface area contributed by atoms with Crippen LogP contribution in [0.3, 0.4) is 0 Å². The predicted molar refractivity (Wildman–Crippen MR) is 83.2 cm³/mol. The average molecular weight is 407 g/mol. The van der Waals surface area contributed by atoms with E-state index in [1.165, 1.54) is 0 Å². The summed E-state index contributed by atoms with van der Waals surface area (Å²) in [6, 6.07) is 7.99. The number of rotatable bonds is 1. The SMILES string of the molecule is Clc1nc(C2COc3ccccc3C2)nc(Cl)c1I. The zero-order valence-electron chi connectivity index (χ0n) is 9.74. The first-order valence-corrected chi connectivity index (χ1v) is 7.57. The highest BCUT2D eigenvalue weighted by Crippen LogP contribution is 2.32. The van der Waals surface area contributed by atoms with Gasteiger partial charge in [-0.3, -0.25) is 0 Å². The second-order valence-electron chi connectivity index (χ2n) is 4.30. The minimum atomic E-state index is 0.0851. The molecule has 0 radical (unpaired) electrons. The van der Waals surface area contributed by atoms with Crippen LogP contribution in [0.15, 0.2) is 24.3 Å². The van der Waals surface area contributed by atoms with E-state index in [1.54, 1.807) is 0 Å². The van der Waals surface area contributed by atoms with Crippen LogP contribution >= 0.6 is 45.8 Å². The molecule has 1 aromatic carbocycles. The van der Waals surface area contributed by atoms with Crippen LogP contribution in [0.1, 0.15) is 17.3 Å². The highest BCUT2D eigenvalue weighted by atomic mass is 127. The highest BCUT2D eigenvalue weighted by molar-refractivity contribution is 14.1. The van der Waals surface area contributed by atoms with Gasteiger partial charge in [-0.1, -0.05) is 41.4 Å². The summed E-state index contributed by atoms with van der Waals surface area (Å²) in [5.74, 6) is 1.66. The Morgan fingerprint density at radius 2 is 1.84 bits per heavy atom. The van der Waals surface area contributed by atoms with Gasteiger partial charge in [-0.15, -0.1) is 0 Å². The molecule has 0 saturated heterocycles. The molecule has 3 rings (SSSR count). The standard InChI is InChI=1S/C13H9Cl2IN2O/c14-11-10(16)12(15)18-13(17-11)8-5-7-3-1-2-4-9(7)19-6-8/h1-4,8H,5-6H2. The summed E-state index contributed by atoms with van der Waals surface area (Å²) in [5, 5.41) is 0.795. The summed E-state index contributed by atoms with van der Waals surface area (Å²) in [5.41, 5.74) is 1.16. The number of fused-ring (bicyclic) bond motifs is 1. The van der Waals surface area contributed by atoms with E-state index in [1.807, 2.05) is 40.8 Å². The lowest BCUT2D eigenvalue weighted by Gasteiger charge is -2.24. The van der Waals surface area contributed by atoms with Crippen LogP contribution in [0.25, 0.3) is 0 Å². The Labute approximate surface area is 134 Å². The number of ether oxygens (including phenoxy) is 1. The zero-order chi connectivity index (χ0) is 13.4. The van der Waals surface area contributed by atoms with Crippen LogP contribution in [-0.2, 0) is 6.42 Å². The van der Waals surface area contributed by atoms with Crippen LogP contribution < -0.4 is 4.74 Å². The van der Waals surface area contributed by atoms with Crippen LogP contribution in [-0.4, -0.2) is 16.6 Å². The molecule has 19 heavy (non-hydrogen) atoms. The Morgan fingerprint density at radius 1 is 1.16 bits per heavy atom. The molecule has 0 saturated carbocycles. The molecular formula is C13H9Cl2IN2O. The van der Waals surface area contributed by atoms with E-state index < -0.39 is 0 Å². The van der Waals surface area contributed by atoms with E-state index in [4.69, 9.17) is 27.9 Å². The van der Waals surface area contributed by atoms with Gasteiger partial charge in [-0.2, -0.15) is 0 Å². The molecule has 1 aliphatic heterocycles. The first-order chi connectivity index (χ1) is 9.15. The van der Waals surface area contributed by atoms with Crippen molar-refractivity contribution in [1.29, 1.82) is 0 Å². The van der Waals surface area contributed by atoms with E-state index >= 15 is 0 Å². The number of hydrogen-bond acceptors (Lipinski definition) is 3. The summed E-state index contributed by atoms with van der Waals surface area (Å²) in [4.78, 5) is 8.63. The minimum Gasteiger partial charge on any atom is -0.493 e. The van der Waals surface area contributed by atoms with Gasteiger partial charge in [-0.25, -0.2) is 9.97 Å². The number of aromatic nitrogens is 2. The summed E-state index contributed by atoms with van der Waals surface area (Å²) in [6.07, 6.45) is 0.837. The van der Waals surface area contributed by atoms with Gasteiger partial charge in [0.1, 0.15) is 21.9 Å². The molecule has 0 fully saturated rings. The monoisotopic (exact) mass is 406 g/mol. The molecule has 3 nitrogen and oxygen atoms in total. The molecule has 1 aromatic heterocycles. The van der Waals surface area contributed by atoms with Crippen molar-refractivity contribution in [3.8, 4) is 5.75 Å². The van der Waals surface area contributed by atoms with Gasteiger partial charge >= 0.3 is 0 Å². The molecule has 0 spiro atoms. The molecule has 1 aliphatic rings. The van der Waals surface area contributed by atoms with Gasteiger partial charge in [-0.05, 0) is 40.6 Å². The fraction of sp³-hybridized carbons (Fsp3) is 0.231. The summed E-state index contributed by atoms with van der Waals surface area (Å²) >= 11 is 14.1. The largest absolute Gasteiger partial charge is 0.493 e. The molecule has 2 aromatic rings. The number of halogens is 3. The second kappa shape index (κ2) is 5.42. The van der Waals surface area contributed by atoms with Crippen LogP contribution in [0, 0.1) is 3.57 Å². The maximum Gasteiger partial charge on any atom is 0.147 e. The van der Waals surface area contributed by atoms with Crippen molar-refractivity contribution in [2.45, 2.75) is 12.3 Å². The van der Waals surface area contributed by atoms with Crippen molar-refractivity contribution >= 4 is 45.8 Å². The number of hydrogen-bond donors (Lipinski definition) is 0. The zero-order valence-corrected chi connectivity index (χ0v) is 13.4. The topological polar surface area (TPSA) is 35.0 Å². The fourth-order valence-electron chi connectivity index (χ4n) is 2.09. The lowest BCUT2D eigenvalue weighted by Crippen LogP contribution is -2.21. The smallest absolute Gasteiger partial charge is 0.147 e. The van der Waals surface area contributed by atoms with Crippen molar-refractivity contribution in [2.24, 2.45) is 0 Å². The third kappa shape index (κ3) is 2.66. The first kappa shape index (κ1) is 13.4. The molecule has 6 heteroatoms. The highest BCUT2D eigenvalue weighted by Gasteiger charge is 2.24. The molecule has 0 aliphatic carbocycles. The first-order valence-electron chi connectivity index (χ1n) is 5.74. The molecular weight excluding hydrogens is 398 g/mol. The predicted octanol–water partition coefficient (Wildman–Crippen LogP) is 4.11. The van der Waals surface area contributed by atoms with Gasteiger partial charge in [0, 0.05) is 0 Å². The van der Waals surface area contributed by atoms with E-state index in [0.29, 0.717) is 26.3 Å². The van der Waals surface area contributed by atoms with Crippen molar-refractivity contribution in [3.05, 3.63) is 49.5 Å². The molecule has 1 atom stereocenters. The van der Waals surface area contributed by atoms with E-state index in [0.717, 1.165) is 17.7 Å². The second-order valence-corrected chi connectivity index (χ2v) is 6.09.